The third-order valence-corrected chi connectivity index (χ3v) is 11.3. The van der Waals surface area contributed by atoms with E-state index in [1.54, 1.807) is 0 Å². The fraction of sp³-hybridized carbons (Fsp3) is 0.455. The Balaban J connectivity index is 0.000000151. The van der Waals surface area contributed by atoms with E-state index in [1.165, 1.54) is 36.4 Å². The smallest absolute Gasteiger partial charge is 0.248 e. The molecule has 4 heteroatoms. The standard InChI is InChI=1S/2C11H16OSi/c1-9-8-10-6-4-5-7-11(10)12-13(9,2)3;1-13(2)9-5-7-10-6-3-4-8-11(10)12-13/h4-7,9H,8H2,1-3H3;3-4,6,8H,5,7,9H2,1-2H3. The first kappa shape index (κ1) is 19.2. The Morgan fingerprint density at radius 3 is 2.08 bits per heavy atom. The van der Waals surface area contributed by atoms with E-state index >= 15 is 0 Å². The van der Waals surface area contributed by atoms with Crippen LogP contribution in [-0.2, 0) is 12.8 Å². The zero-order valence-corrected chi connectivity index (χ0v) is 18.8. The molecule has 0 spiro atoms. The van der Waals surface area contributed by atoms with Crippen molar-refractivity contribution in [1.29, 1.82) is 0 Å². The van der Waals surface area contributed by atoms with Crippen LogP contribution < -0.4 is 8.85 Å². The maximum Gasteiger partial charge on any atom is 0.248 e. The molecule has 0 amide bonds. The summed E-state index contributed by atoms with van der Waals surface area (Å²) in [6.45, 7) is 11.5. The van der Waals surface area contributed by atoms with E-state index in [0.717, 1.165) is 17.0 Å². The predicted octanol–water partition coefficient (Wildman–Crippen LogP) is 6.43. The highest BCUT2D eigenvalue weighted by atomic mass is 28.4. The Labute approximate surface area is 160 Å². The molecule has 0 radical (unpaired) electrons. The molecule has 2 aromatic rings. The summed E-state index contributed by atoms with van der Waals surface area (Å²) in [6, 6.07) is 18.2. The normalized spacial score (nSPS) is 22.3. The van der Waals surface area contributed by atoms with Gasteiger partial charge < -0.3 is 8.85 Å². The fourth-order valence-electron chi connectivity index (χ4n) is 3.59. The Morgan fingerprint density at radius 1 is 0.808 bits per heavy atom. The van der Waals surface area contributed by atoms with Gasteiger partial charge in [0.2, 0.25) is 16.6 Å². The average molecular weight is 385 g/mol. The third-order valence-electron chi connectivity index (χ3n) is 5.64. The maximum atomic E-state index is 6.08. The number of rotatable bonds is 0. The fourth-order valence-corrected chi connectivity index (χ4v) is 7.20. The van der Waals surface area contributed by atoms with E-state index in [-0.39, 0.29) is 0 Å². The van der Waals surface area contributed by atoms with Gasteiger partial charge in [0.15, 0.2) is 0 Å². The van der Waals surface area contributed by atoms with Gasteiger partial charge in [0, 0.05) is 0 Å². The van der Waals surface area contributed by atoms with E-state index in [2.05, 4.69) is 81.6 Å². The first-order valence-corrected chi connectivity index (χ1v) is 15.9. The zero-order chi connectivity index (χ0) is 18.8. The number of benzene rings is 2. The summed E-state index contributed by atoms with van der Waals surface area (Å²) in [5.41, 5.74) is 3.49. The number of para-hydroxylation sites is 2. The predicted molar refractivity (Wildman–Crippen MR) is 115 cm³/mol. The zero-order valence-electron chi connectivity index (χ0n) is 16.8. The minimum Gasteiger partial charge on any atom is -0.544 e. The highest BCUT2D eigenvalue weighted by Crippen LogP contribution is 2.37. The van der Waals surface area contributed by atoms with Gasteiger partial charge in [-0.05, 0) is 80.3 Å². The molecule has 0 aromatic heterocycles. The summed E-state index contributed by atoms with van der Waals surface area (Å²) in [7, 11) is -2.84. The SMILES string of the molecule is CC1Cc2ccccc2O[Si]1(C)C.C[Si]1(C)CCCc2ccccc2O1. The lowest BCUT2D eigenvalue weighted by atomic mass is 10.1. The lowest BCUT2D eigenvalue weighted by Crippen LogP contribution is -2.42. The average Bonchev–Trinajstić information content (AvgIpc) is 2.73. The van der Waals surface area contributed by atoms with Gasteiger partial charge in [0.25, 0.3) is 0 Å². The molecule has 26 heavy (non-hydrogen) atoms. The van der Waals surface area contributed by atoms with Crippen LogP contribution in [0.1, 0.15) is 24.5 Å². The van der Waals surface area contributed by atoms with Crippen molar-refractivity contribution in [1.82, 2.24) is 0 Å². The molecule has 2 aliphatic heterocycles. The van der Waals surface area contributed by atoms with Crippen LogP contribution in [0.2, 0.25) is 37.8 Å². The highest BCUT2D eigenvalue weighted by molar-refractivity contribution is 6.73. The lowest BCUT2D eigenvalue weighted by Gasteiger charge is -2.36. The van der Waals surface area contributed by atoms with E-state index in [1.807, 2.05) is 0 Å². The van der Waals surface area contributed by atoms with Gasteiger partial charge in [-0.1, -0.05) is 43.3 Å². The number of fused-ring (bicyclic) bond motifs is 2. The Kier molecular flexibility index (Phi) is 5.63. The van der Waals surface area contributed by atoms with Crippen LogP contribution >= 0.6 is 0 Å². The van der Waals surface area contributed by atoms with Crippen molar-refractivity contribution < 1.29 is 8.85 Å². The third kappa shape index (κ3) is 4.60. The number of aryl methyl sites for hydroxylation is 1. The van der Waals surface area contributed by atoms with Crippen LogP contribution in [0.5, 0.6) is 11.5 Å². The van der Waals surface area contributed by atoms with E-state index in [9.17, 15) is 0 Å². The van der Waals surface area contributed by atoms with E-state index < -0.39 is 16.6 Å². The van der Waals surface area contributed by atoms with Crippen molar-refractivity contribution in [2.24, 2.45) is 0 Å². The van der Waals surface area contributed by atoms with Crippen LogP contribution in [0.15, 0.2) is 48.5 Å². The van der Waals surface area contributed by atoms with Gasteiger partial charge in [-0.25, -0.2) is 0 Å². The van der Waals surface area contributed by atoms with Gasteiger partial charge >= 0.3 is 0 Å². The monoisotopic (exact) mass is 384 g/mol. The van der Waals surface area contributed by atoms with Crippen molar-refractivity contribution in [3.63, 3.8) is 0 Å². The second-order valence-corrected chi connectivity index (χ2v) is 17.4. The van der Waals surface area contributed by atoms with Crippen LogP contribution in [-0.4, -0.2) is 16.6 Å². The molecule has 2 nitrogen and oxygen atoms in total. The molecule has 0 saturated carbocycles. The van der Waals surface area contributed by atoms with Gasteiger partial charge in [0.05, 0.1) is 0 Å². The summed E-state index contributed by atoms with van der Waals surface area (Å²) in [5, 5.41) is 0. The second-order valence-electron chi connectivity index (χ2n) is 8.74. The molecule has 0 N–H and O–H groups in total. The van der Waals surface area contributed by atoms with E-state index in [4.69, 9.17) is 8.85 Å². The summed E-state index contributed by atoms with van der Waals surface area (Å²) < 4.78 is 12.2. The molecule has 2 aromatic carbocycles. The molecule has 0 fully saturated rings. The molecular weight excluding hydrogens is 352 g/mol. The maximum absolute atomic E-state index is 6.08. The number of hydrogen-bond acceptors (Lipinski definition) is 2. The molecule has 0 bridgehead atoms. The first-order valence-electron chi connectivity index (χ1n) is 9.81. The van der Waals surface area contributed by atoms with Crippen molar-refractivity contribution >= 4 is 16.6 Å². The first-order chi connectivity index (χ1) is 12.3. The molecule has 0 saturated heterocycles. The quantitative estimate of drug-likeness (QED) is 0.487. The van der Waals surface area contributed by atoms with Gasteiger partial charge in [-0.2, -0.15) is 0 Å². The Bertz CT molecular complexity index is 749. The topological polar surface area (TPSA) is 18.5 Å². The Hall–Kier alpha value is -1.53. The minimum atomic E-state index is -1.45. The summed E-state index contributed by atoms with van der Waals surface area (Å²) >= 11 is 0. The molecule has 140 valence electrons. The van der Waals surface area contributed by atoms with Crippen LogP contribution in [0.4, 0.5) is 0 Å². The summed E-state index contributed by atoms with van der Waals surface area (Å²) in [5.74, 6) is 2.26. The van der Waals surface area contributed by atoms with Crippen LogP contribution in [0.25, 0.3) is 0 Å². The Morgan fingerprint density at radius 2 is 1.38 bits per heavy atom. The van der Waals surface area contributed by atoms with Crippen molar-refractivity contribution in [3.05, 3.63) is 59.7 Å². The summed E-state index contributed by atoms with van der Waals surface area (Å²) in [6.07, 6.45) is 3.66. The molecular formula is C22H32O2Si2. The van der Waals surface area contributed by atoms with Gasteiger partial charge in [-0.15, -0.1) is 0 Å². The van der Waals surface area contributed by atoms with E-state index in [0.29, 0.717) is 0 Å². The molecule has 1 unspecified atom stereocenters. The van der Waals surface area contributed by atoms with Crippen LogP contribution in [0.3, 0.4) is 0 Å². The molecule has 2 aliphatic rings. The van der Waals surface area contributed by atoms with Crippen molar-refractivity contribution in [2.45, 2.75) is 64.0 Å². The second kappa shape index (κ2) is 7.61. The molecule has 2 heterocycles. The van der Waals surface area contributed by atoms with Crippen molar-refractivity contribution in [3.8, 4) is 11.5 Å². The highest BCUT2D eigenvalue weighted by Gasteiger charge is 2.36. The van der Waals surface area contributed by atoms with Crippen molar-refractivity contribution in [2.75, 3.05) is 0 Å². The lowest BCUT2D eigenvalue weighted by molar-refractivity contribution is 0.494. The summed E-state index contributed by atoms with van der Waals surface area (Å²) in [4.78, 5) is 0. The van der Waals surface area contributed by atoms with Crippen LogP contribution in [0, 0.1) is 0 Å². The molecule has 1 atom stereocenters. The minimum absolute atomic E-state index is 0.724. The molecule has 4 rings (SSSR count). The largest absolute Gasteiger partial charge is 0.544 e. The van der Waals surface area contributed by atoms with Gasteiger partial charge in [-0.3, -0.25) is 0 Å². The number of hydrogen-bond donors (Lipinski definition) is 0. The molecule has 0 aliphatic carbocycles. The van der Waals surface area contributed by atoms with Gasteiger partial charge in [0.1, 0.15) is 11.5 Å².